The lowest BCUT2D eigenvalue weighted by molar-refractivity contribution is -0.127. The number of halogens is 2. The van der Waals surface area contributed by atoms with Crippen molar-refractivity contribution in [2.45, 2.75) is 6.54 Å². The van der Waals surface area contributed by atoms with Crippen molar-refractivity contribution in [1.82, 2.24) is 10.6 Å². The number of rotatable bonds is 7. The van der Waals surface area contributed by atoms with E-state index in [4.69, 9.17) is 27.9 Å². The van der Waals surface area contributed by atoms with Crippen LogP contribution in [-0.4, -0.2) is 25.0 Å². The fraction of sp³-hybridized carbons (Fsp3) is 0.176. The van der Waals surface area contributed by atoms with Gasteiger partial charge in [0.05, 0.1) is 6.54 Å². The van der Waals surface area contributed by atoms with Crippen LogP contribution in [0, 0.1) is 0 Å². The van der Waals surface area contributed by atoms with E-state index >= 15 is 0 Å². The molecule has 0 saturated carbocycles. The van der Waals surface area contributed by atoms with Gasteiger partial charge in [0.15, 0.2) is 6.61 Å². The number of carbonyl (C=O) groups excluding carboxylic acids is 2. The number of carbonyl (C=O) groups is 2. The molecule has 0 unspecified atom stereocenters. The molecule has 0 radical (unpaired) electrons. The summed E-state index contributed by atoms with van der Waals surface area (Å²) in [5.41, 5.74) is 0.921. The van der Waals surface area contributed by atoms with E-state index in [1.807, 2.05) is 12.1 Å². The molecule has 0 saturated heterocycles. The summed E-state index contributed by atoms with van der Waals surface area (Å²) >= 11 is 11.5. The van der Waals surface area contributed by atoms with Crippen molar-refractivity contribution in [2.75, 3.05) is 13.2 Å². The summed E-state index contributed by atoms with van der Waals surface area (Å²) in [5, 5.41) is 6.41. The molecule has 0 aliphatic rings. The van der Waals surface area contributed by atoms with E-state index in [2.05, 4.69) is 10.6 Å². The zero-order valence-corrected chi connectivity index (χ0v) is 14.2. The predicted molar refractivity (Wildman–Crippen MR) is 93.3 cm³/mol. The molecular formula is C17H16Cl2N2O3. The fourth-order valence-electron chi connectivity index (χ4n) is 1.78. The van der Waals surface area contributed by atoms with Crippen LogP contribution in [0.5, 0.6) is 5.75 Å². The Hall–Kier alpha value is -2.24. The van der Waals surface area contributed by atoms with E-state index in [0.717, 1.165) is 5.56 Å². The third-order valence-corrected chi connectivity index (χ3v) is 3.54. The summed E-state index contributed by atoms with van der Waals surface area (Å²) in [7, 11) is 0. The highest BCUT2D eigenvalue weighted by Gasteiger charge is 2.06. The summed E-state index contributed by atoms with van der Waals surface area (Å²) in [5.74, 6) is -0.141. The van der Waals surface area contributed by atoms with E-state index in [0.29, 0.717) is 22.3 Å². The molecule has 0 aliphatic carbocycles. The largest absolute Gasteiger partial charge is 0.484 e. The van der Waals surface area contributed by atoms with Crippen molar-refractivity contribution in [3.8, 4) is 5.75 Å². The molecule has 2 aromatic rings. The topological polar surface area (TPSA) is 67.4 Å². The standard InChI is InChI=1S/C17H16Cl2N2O3/c18-13-3-1-12(2-4-13)9-20-16(22)10-21-17(23)11-24-15-7-5-14(19)6-8-15/h1-8H,9-11H2,(H,20,22)(H,21,23). The molecule has 2 amide bonds. The summed E-state index contributed by atoms with van der Waals surface area (Å²) in [4.78, 5) is 23.3. The molecular weight excluding hydrogens is 351 g/mol. The predicted octanol–water partition coefficient (Wildman–Crippen LogP) is 2.80. The molecule has 0 spiro atoms. The van der Waals surface area contributed by atoms with Gasteiger partial charge in [-0.2, -0.15) is 0 Å². The Morgan fingerprint density at radius 3 is 2.04 bits per heavy atom. The summed E-state index contributed by atoms with van der Waals surface area (Å²) < 4.78 is 5.28. The number of amides is 2. The average Bonchev–Trinajstić information content (AvgIpc) is 2.59. The lowest BCUT2D eigenvalue weighted by atomic mass is 10.2. The van der Waals surface area contributed by atoms with Crippen LogP contribution in [0.15, 0.2) is 48.5 Å². The Labute approximate surface area is 149 Å². The maximum Gasteiger partial charge on any atom is 0.258 e. The minimum absolute atomic E-state index is 0.115. The van der Waals surface area contributed by atoms with Crippen LogP contribution < -0.4 is 15.4 Å². The van der Waals surface area contributed by atoms with Crippen molar-refractivity contribution in [2.24, 2.45) is 0 Å². The van der Waals surface area contributed by atoms with Gasteiger partial charge >= 0.3 is 0 Å². The highest BCUT2D eigenvalue weighted by Crippen LogP contribution is 2.15. The molecule has 2 N–H and O–H groups in total. The fourth-order valence-corrected chi connectivity index (χ4v) is 2.03. The first-order valence-electron chi connectivity index (χ1n) is 7.19. The Kier molecular flexibility index (Phi) is 6.90. The molecule has 0 heterocycles. The molecule has 24 heavy (non-hydrogen) atoms. The van der Waals surface area contributed by atoms with Crippen LogP contribution >= 0.6 is 23.2 Å². The quantitative estimate of drug-likeness (QED) is 0.791. The molecule has 7 heteroatoms. The second-order valence-electron chi connectivity index (χ2n) is 4.92. The summed E-state index contributed by atoms with van der Waals surface area (Å²) in [6.45, 7) is 0.0790. The van der Waals surface area contributed by atoms with Gasteiger partial charge in [0, 0.05) is 16.6 Å². The first kappa shape index (κ1) is 18.1. The molecule has 2 aromatic carbocycles. The van der Waals surface area contributed by atoms with Crippen molar-refractivity contribution >= 4 is 35.0 Å². The smallest absolute Gasteiger partial charge is 0.258 e. The molecule has 0 aliphatic heterocycles. The molecule has 0 aromatic heterocycles. The molecule has 0 atom stereocenters. The highest BCUT2D eigenvalue weighted by molar-refractivity contribution is 6.30. The maximum atomic E-state index is 11.7. The molecule has 126 valence electrons. The minimum Gasteiger partial charge on any atom is -0.484 e. The maximum absolute atomic E-state index is 11.7. The zero-order chi connectivity index (χ0) is 17.4. The van der Waals surface area contributed by atoms with Gasteiger partial charge in [-0.05, 0) is 42.0 Å². The normalized spacial score (nSPS) is 10.1. The Morgan fingerprint density at radius 1 is 0.833 bits per heavy atom. The van der Waals surface area contributed by atoms with Crippen LogP contribution in [0.4, 0.5) is 0 Å². The molecule has 0 fully saturated rings. The number of nitrogens with one attached hydrogen (secondary N) is 2. The second-order valence-corrected chi connectivity index (χ2v) is 5.80. The van der Waals surface area contributed by atoms with Crippen molar-refractivity contribution < 1.29 is 14.3 Å². The van der Waals surface area contributed by atoms with Crippen LogP contribution in [-0.2, 0) is 16.1 Å². The van der Waals surface area contributed by atoms with Gasteiger partial charge in [0.2, 0.25) is 5.91 Å². The van der Waals surface area contributed by atoms with Gasteiger partial charge in [-0.15, -0.1) is 0 Å². The lowest BCUT2D eigenvalue weighted by Crippen LogP contribution is -2.38. The number of hydrogen-bond acceptors (Lipinski definition) is 3. The lowest BCUT2D eigenvalue weighted by Gasteiger charge is -2.08. The molecule has 5 nitrogen and oxygen atoms in total. The van der Waals surface area contributed by atoms with E-state index in [1.165, 1.54) is 0 Å². The molecule has 0 bridgehead atoms. The Bertz CT molecular complexity index is 626. The molecule has 2 rings (SSSR count). The third kappa shape index (κ3) is 6.48. The van der Waals surface area contributed by atoms with Crippen molar-refractivity contribution in [3.63, 3.8) is 0 Å². The number of benzene rings is 2. The first-order valence-corrected chi connectivity index (χ1v) is 7.95. The van der Waals surface area contributed by atoms with Gasteiger partial charge in [-0.25, -0.2) is 0 Å². The summed E-state index contributed by atoms with van der Waals surface area (Å²) in [6, 6.07) is 13.8. The van der Waals surface area contributed by atoms with Gasteiger partial charge in [0.1, 0.15) is 5.75 Å². The van der Waals surface area contributed by atoms with E-state index < -0.39 is 0 Å². The van der Waals surface area contributed by atoms with Crippen molar-refractivity contribution in [3.05, 3.63) is 64.1 Å². The third-order valence-electron chi connectivity index (χ3n) is 3.03. The van der Waals surface area contributed by atoms with E-state index in [9.17, 15) is 9.59 Å². The monoisotopic (exact) mass is 366 g/mol. The first-order chi connectivity index (χ1) is 11.5. The number of hydrogen-bond donors (Lipinski definition) is 2. The van der Waals surface area contributed by atoms with Gasteiger partial charge in [-0.1, -0.05) is 35.3 Å². The minimum atomic E-state index is -0.383. The van der Waals surface area contributed by atoms with Crippen LogP contribution in [0.2, 0.25) is 10.0 Å². The summed E-state index contributed by atoms with van der Waals surface area (Å²) in [6.07, 6.45) is 0. The average molecular weight is 367 g/mol. The van der Waals surface area contributed by atoms with Gasteiger partial charge in [-0.3, -0.25) is 9.59 Å². The second kappa shape index (κ2) is 9.15. The Morgan fingerprint density at radius 2 is 1.42 bits per heavy atom. The van der Waals surface area contributed by atoms with Gasteiger partial charge in [0.25, 0.3) is 5.91 Å². The van der Waals surface area contributed by atoms with E-state index in [1.54, 1.807) is 36.4 Å². The van der Waals surface area contributed by atoms with Crippen molar-refractivity contribution in [1.29, 1.82) is 0 Å². The SMILES string of the molecule is O=C(CNC(=O)COc1ccc(Cl)cc1)NCc1ccc(Cl)cc1. The van der Waals surface area contributed by atoms with Gasteiger partial charge < -0.3 is 15.4 Å². The zero-order valence-electron chi connectivity index (χ0n) is 12.7. The van der Waals surface area contributed by atoms with Crippen LogP contribution in [0.1, 0.15) is 5.56 Å². The van der Waals surface area contributed by atoms with Crippen LogP contribution in [0.25, 0.3) is 0 Å². The number of ether oxygens (including phenoxy) is 1. The highest BCUT2D eigenvalue weighted by atomic mass is 35.5. The Balaban J connectivity index is 1.64. The van der Waals surface area contributed by atoms with Crippen LogP contribution in [0.3, 0.4) is 0 Å². The van der Waals surface area contributed by atoms with E-state index in [-0.39, 0.29) is 25.0 Å².